The number of benzene rings is 1. The number of nitrogens with one attached hydrogen (secondary N) is 1. The van der Waals surface area contributed by atoms with Crippen molar-refractivity contribution in [1.29, 1.82) is 0 Å². The summed E-state index contributed by atoms with van der Waals surface area (Å²) in [5.41, 5.74) is 1.01. The molecule has 0 amide bonds. The van der Waals surface area contributed by atoms with Crippen LogP contribution in [0, 0.1) is 0 Å². The highest BCUT2D eigenvalue weighted by Gasteiger charge is 2.02. The van der Waals surface area contributed by atoms with Crippen LogP contribution in [0.3, 0.4) is 0 Å². The molecular formula is C16H21NO3S. The topological polar surface area (TPSA) is 43.6 Å². The first-order chi connectivity index (χ1) is 10.3. The van der Waals surface area contributed by atoms with Gasteiger partial charge in [-0.25, -0.2) is 0 Å². The molecular weight excluding hydrogens is 286 g/mol. The SMILES string of the molecule is COCCOc1cccc(NCc2ccc(CSC)o2)c1. The third kappa shape index (κ3) is 5.36. The molecule has 0 unspecified atom stereocenters. The summed E-state index contributed by atoms with van der Waals surface area (Å²) in [7, 11) is 1.66. The number of methoxy groups -OCH3 is 1. The lowest BCUT2D eigenvalue weighted by Gasteiger charge is -2.09. The molecule has 1 N–H and O–H groups in total. The lowest BCUT2D eigenvalue weighted by atomic mass is 10.3. The standard InChI is InChI=1S/C16H21NO3S/c1-18-8-9-19-14-5-3-4-13(10-14)17-11-15-6-7-16(20-15)12-21-2/h3-7,10,17H,8-9,11-12H2,1-2H3. The minimum atomic E-state index is 0.552. The summed E-state index contributed by atoms with van der Waals surface area (Å²) in [6.45, 7) is 1.80. The van der Waals surface area contributed by atoms with Crippen LogP contribution in [0.4, 0.5) is 5.69 Å². The van der Waals surface area contributed by atoms with Crippen LogP contribution >= 0.6 is 11.8 Å². The summed E-state index contributed by atoms with van der Waals surface area (Å²) in [5, 5.41) is 3.34. The van der Waals surface area contributed by atoms with E-state index in [1.165, 1.54) is 0 Å². The quantitative estimate of drug-likeness (QED) is 0.714. The van der Waals surface area contributed by atoms with Gasteiger partial charge in [-0.3, -0.25) is 0 Å². The zero-order chi connectivity index (χ0) is 14.9. The second-order valence-electron chi connectivity index (χ2n) is 4.52. The first-order valence-corrected chi connectivity index (χ1v) is 8.23. The molecule has 0 saturated heterocycles. The van der Waals surface area contributed by atoms with Crippen molar-refractivity contribution < 1.29 is 13.9 Å². The van der Waals surface area contributed by atoms with Gasteiger partial charge < -0.3 is 19.2 Å². The minimum absolute atomic E-state index is 0.552. The van der Waals surface area contributed by atoms with Crippen LogP contribution in [0.5, 0.6) is 5.75 Å². The molecule has 4 nitrogen and oxygen atoms in total. The number of hydrogen-bond donors (Lipinski definition) is 1. The summed E-state index contributed by atoms with van der Waals surface area (Å²) in [5.74, 6) is 3.68. The van der Waals surface area contributed by atoms with Crippen molar-refractivity contribution in [2.75, 3.05) is 31.9 Å². The molecule has 0 fully saturated rings. The van der Waals surface area contributed by atoms with Gasteiger partial charge in [-0.2, -0.15) is 11.8 Å². The van der Waals surface area contributed by atoms with E-state index in [1.807, 2.05) is 36.4 Å². The van der Waals surface area contributed by atoms with Crippen LogP contribution in [0.1, 0.15) is 11.5 Å². The van der Waals surface area contributed by atoms with E-state index >= 15 is 0 Å². The predicted octanol–water partition coefficient (Wildman–Crippen LogP) is 3.78. The Bertz CT molecular complexity index is 542. The Morgan fingerprint density at radius 1 is 1.14 bits per heavy atom. The highest BCUT2D eigenvalue weighted by Crippen LogP contribution is 2.19. The van der Waals surface area contributed by atoms with Crippen molar-refractivity contribution >= 4 is 17.4 Å². The van der Waals surface area contributed by atoms with E-state index in [9.17, 15) is 0 Å². The Hall–Kier alpha value is -1.59. The van der Waals surface area contributed by atoms with Crippen molar-refractivity contribution in [3.8, 4) is 5.75 Å². The van der Waals surface area contributed by atoms with Crippen molar-refractivity contribution in [1.82, 2.24) is 0 Å². The number of furan rings is 1. The highest BCUT2D eigenvalue weighted by molar-refractivity contribution is 7.97. The third-order valence-corrected chi connectivity index (χ3v) is 3.43. The number of hydrogen-bond acceptors (Lipinski definition) is 5. The van der Waals surface area contributed by atoms with Gasteiger partial charge in [0.15, 0.2) is 0 Å². The van der Waals surface area contributed by atoms with Crippen LogP contribution in [0.2, 0.25) is 0 Å². The molecule has 5 heteroatoms. The Morgan fingerprint density at radius 2 is 2.00 bits per heavy atom. The van der Waals surface area contributed by atoms with Crippen molar-refractivity contribution in [2.45, 2.75) is 12.3 Å². The summed E-state index contributed by atoms with van der Waals surface area (Å²) >= 11 is 1.75. The van der Waals surface area contributed by atoms with Crippen molar-refractivity contribution in [3.63, 3.8) is 0 Å². The van der Waals surface area contributed by atoms with Gasteiger partial charge in [0.1, 0.15) is 23.9 Å². The minimum Gasteiger partial charge on any atom is -0.491 e. The molecule has 1 heterocycles. The Kier molecular flexibility index (Phi) is 6.50. The predicted molar refractivity (Wildman–Crippen MR) is 87.1 cm³/mol. The lowest BCUT2D eigenvalue weighted by Crippen LogP contribution is -2.04. The highest BCUT2D eigenvalue weighted by atomic mass is 32.2. The third-order valence-electron chi connectivity index (χ3n) is 2.86. The maximum Gasteiger partial charge on any atom is 0.123 e. The van der Waals surface area contributed by atoms with E-state index in [-0.39, 0.29) is 0 Å². The van der Waals surface area contributed by atoms with E-state index in [2.05, 4.69) is 11.6 Å². The maximum absolute atomic E-state index is 5.72. The average molecular weight is 307 g/mol. The molecule has 0 bridgehead atoms. The van der Waals surface area contributed by atoms with Gasteiger partial charge in [-0.15, -0.1) is 0 Å². The molecule has 0 aliphatic carbocycles. The molecule has 0 atom stereocenters. The Labute approximate surface area is 129 Å². The molecule has 0 aliphatic heterocycles. The normalized spacial score (nSPS) is 10.6. The molecule has 0 radical (unpaired) electrons. The van der Waals surface area contributed by atoms with Crippen molar-refractivity contribution in [2.24, 2.45) is 0 Å². The summed E-state index contributed by atoms with van der Waals surface area (Å²) in [6, 6.07) is 11.9. The van der Waals surface area contributed by atoms with Crippen LogP contribution < -0.4 is 10.1 Å². The van der Waals surface area contributed by atoms with Crippen LogP contribution in [-0.2, 0) is 17.0 Å². The Balaban J connectivity index is 1.85. The number of rotatable bonds is 9. The summed E-state index contributed by atoms with van der Waals surface area (Å²) < 4.78 is 16.3. The van der Waals surface area contributed by atoms with E-state index in [0.29, 0.717) is 19.8 Å². The fraction of sp³-hybridized carbons (Fsp3) is 0.375. The zero-order valence-corrected chi connectivity index (χ0v) is 13.2. The second kappa shape index (κ2) is 8.64. The fourth-order valence-electron chi connectivity index (χ4n) is 1.87. The summed E-state index contributed by atoms with van der Waals surface area (Å²) in [6.07, 6.45) is 2.07. The molecule has 2 aromatic rings. The first kappa shape index (κ1) is 15.8. The second-order valence-corrected chi connectivity index (χ2v) is 5.39. The molecule has 2 rings (SSSR count). The van der Waals surface area contributed by atoms with Gasteiger partial charge in [-0.1, -0.05) is 6.07 Å². The summed E-state index contributed by atoms with van der Waals surface area (Å²) in [4.78, 5) is 0. The van der Waals surface area contributed by atoms with Crippen LogP contribution in [0.25, 0.3) is 0 Å². The molecule has 1 aromatic carbocycles. The van der Waals surface area contributed by atoms with Gasteiger partial charge in [0.05, 0.1) is 18.9 Å². The van der Waals surface area contributed by atoms with Gasteiger partial charge >= 0.3 is 0 Å². The smallest absolute Gasteiger partial charge is 0.123 e. The van der Waals surface area contributed by atoms with E-state index in [1.54, 1.807) is 18.9 Å². The van der Waals surface area contributed by atoms with E-state index in [4.69, 9.17) is 13.9 Å². The molecule has 0 spiro atoms. The van der Waals surface area contributed by atoms with Gasteiger partial charge in [0.2, 0.25) is 0 Å². The van der Waals surface area contributed by atoms with Crippen LogP contribution in [0.15, 0.2) is 40.8 Å². The Morgan fingerprint density at radius 3 is 2.81 bits per heavy atom. The fourth-order valence-corrected chi connectivity index (χ4v) is 2.30. The monoisotopic (exact) mass is 307 g/mol. The largest absolute Gasteiger partial charge is 0.491 e. The van der Waals surface area contributed by atoms with Crippen molar-refractivity contribution in [3.05, 3.63) is 47.9 Å². The lowest BCUT2D eigenvalue weighted by molar-refractivity contribution is 0.146. The molecule has 0 saturated carbocycles. The van der Waals surface area contributed by atoms with E-state index in [0.717, 1.165) is 28.7 Å². The molecule has 21 heavy (non-hydrogen) atoms. The van der Waals surface area contributed by atoms with Crippen LogP contribution in [-0.4, -0.2) is 26.6 Å². The molecule has 1 aromatic heterocycles. The zero-order valence-electron chi connectivity index (χ0n) is 12.4. The molecule has 114 valence electrons. The van der Waals surface area contributed by atoms with Gasteiger partial charge in [0.25, 0.3) is 0 Å². The van der Waals surface area contributed by atoms with E-state index < -0.39 is 0 Å². The molecule has 0 aliphatic rings. The van der Waals surface area contributed by atoms with Gasteiger partial charge in [-0.05, 0) is 30.5 Å². The van der Waals surface area contributed by atoms with Gasteiger partial charge in [0, 0.05) is 18.9 Å². The number of thioether (sulfide) groups is 1. The first-order valence-electron chi connectivity index (χ1n) is 6.84. The number of ether oxygens (including phenoxy) is 2. The maximum atomic E-state index is 5.72. The number of anilines is 1. The average Bonchev–Trinajstić information content (AvgIpc) is 2.94.